The molecule has 0 aliphatic rings. The van der Waals surface area contributed by atoms with Crippen LogP contribution in [0, 0.1) is 5.82 Å². The second-order valence-corrected chi connectivity index (χ2v) is 6.49. The van der Waals surface area contributed by atoms with E-state index in [2.05, 4.69) is 25.7 Å². The zero-order chi connectivity index (χ0) is 18.0. The number of halogens is 1. The molecule has 1 aromatic carbocycles. The van der Waals surface area contributed by atoms with Crippen molar-refractivity contribution in [3.8, 4) is 0 Å². The summed E-state index contributed by atoms with van der Waals surface area (Å²) in [5.74, 6) is -2.12. The molecular weight excluding hydrogens is 355 g/mol. The van der Waals surface area contributed by atoms with Crippen molar-refractivity contribution in [1.82, 2.24) is 29.8 Å². The predicted octanol–water partition coefficient (Wildman–Crippen LogP) is 0.554. The van der Waals surface area contributed by atoms with Gasteiger partial charge in [-0.3, -0.25) is 4.79 Å². The van der Waals surface area contributed by atoms with Crippen LogP contribution >= 0.6 is 0 Å². The summed E-state index contributed by atoms with van der Waals surface area (Å²) in [7, 11) is -4.06. The Labute approximate surface area is 139 Å². The van der Waals surface area contributed by atoms with E-state index in [0.29, 0.717) is 4.09 Å². The first-order valence-corrected chi connectivity index (χ1v) is 8.06. The lowest BCUT2D eigenvalue weighted by molar-refractivity contribution is 0.103. The number of tetrazole rings is 1. The van der Waals surface area contributed by atoms with Crippen molar-refractivity contribution in [2.75, 3.05) is 0 Å². The second-order valence-electron chi connectivity index (χ2n) is 4.69. The SMILES string of the molecule is O=C(C=C(O)c1cnn(S(=O)(=O)c2ccc(F)cc2)c1)c1nn[nH]n1. The number of nitrogens with one attached hydrogen (secondary N) is 1. The molecule has 0 fully saturated rings. The summed E-state index contributed by atoms with van der Waals surface area (Å²) in [4.78, 5) is 11.6. The second kappa shape index (κ2) is 6.24. The van der Waals surface area contributed by atoms with Gasteiger partial charge in [-0.25, -0.2) is 4.39 Å². The number of rotatable bonds is 5. The molecule has 3 rings (SSSR count). The molecule has 0 unspecified atom stereocenters. The van der Waals surface area contributed by atoms with E-state index in [-0.39, 0.29) is 16.3 Å². The van der Waals surface area contributed by atoms with Crippen LogP contribution in [0.4, 0.5) is 4.39 Å². The molecule has 2 aromatic heterocycles. The number of aromatic amines is 1. The number of aliphatic hydroxyl groups is 1. The third-order valence-corrected chi connectivity index (χ3v) is 4.61. The number of nitrogens with zero attached hydrogens (tertiary/aromatic N) is 5. The molecule has 0 aliphatic carbocycles. The van der Waals surface area contributed by atoms with Gasteiger partial charge in [-0.2, -0.15) is 22.8 Å². The minimum absolute atomic E-state index is 0.0254. The van der Waals surface area contributed by atoms with Gasteiger partial charge >= 0.3 is 0 Å². The van der Waals surface area contributed by atoms with Crippen LogP contribution in [-0.2, 0) is 10.0 Å². The van der Waals surface area contributed by atoms with E-state index in [1.165, 1.54) is 0 Å². The van der Waals surface area contributed by atoms with Crippen LogP contribution < -0.4 is 0 Å². The van der Waals surface area contributed by atoms with Gasteiger partial charge in [-0.15, -0.1) is 10.2 Å². The first kappa shape index (κ1) is 16.4. The van der Waals surface area contributed by atoms with Crippen LogP contribution in [-0.4, -0.2) is 49.1 Å². The molecule has 128 valence electrons. The smallest absolute Gasteiger partial charge is 0.282 e. The molecule has 0 saturated carbocycles. The topological polar surface area (TPSA) is 144 Å². The molecule has 0 radical (unpaired) electrons. The standard InChI is InChI=1S/C13H9FN6O4S/c14-9-1-3-10(4-2-9)25(23,24)20-7-8(6-15-20)11(21)5-12(22)13-16-18-19-17-13/h1-7,21H,(H,16,17,18,19). The van der Waals surface area contributed by atoms with Crippen molar-refractivity contribution < 1.29 is 22.7 Å². The molecule has 10 nitrogen and oxygen atoms in total. The minimum Gasteiger partial charge on any atom is -0.507 e. The maximum atomic E-state index is 12.9. The number of allylic oxidation sites excluding steroid dienone is 1. The maximum absolute atomic E-state index is 12.9. The normalized spacial score (nSPS) is 12.3. The molecule has 25 heavy (non-hydrogen) atoms. The van der Waals surface area contributed by atoms with Crippen molar-refractivity contribution in [2.45, 2.75) is 4.90 Å². The van der Waals surface area contributed by atoms with Crippen LogP contribution in [0.5, 0.6) is 0 Å². The van der Waals surface area contributed by atoms with E-state index in [9.17, 15) is 22.7 Å². The number of H-pyrrole nitrogens is 1. The van der Waals surface area contributed by atoms with Crippen LogP contribution in [0.15, 0.2) is 47.6 Å². The van der Waals surface area contributed by atoms with Gasteiger partial charge in [0.2, 0.25) is 11.6 Å². The highest BCUT2D eigenvalue weighted by Gasteiger charge is 2.19. The zero-order valence-corrected chi connectivity index (χ0v) is 13.1. The van der Waals surface area contributed by atoms with Crippen LogP contribution in [0.25, 0.3) is 5.76 Å². The van der Waals surface area contributed by atoms with E-state index in [1.54, 1.807) is 0 Å². The number of benzene rings is 1. The Morgan fingerprint density at radius 2 is 2.00 bits per heavy atom. The van der Waals surface area contributed by atoms with Crippen LogP contribution in [0.1, 0.15) is 16.2 Å². The van der Waals surface area contributed by atoms with Crippen molar-refractivity contribution >= 4 is 21.6 Å². The van der Waals surface area contributed by atoms with Gasteiger partial charge in [0.05, 0.1) is 22.9 Å². The monoisotopic (exact) mass is 364 g/mol. The number of carbonyl (C=O) groups excluding carboxylic acids is 1. The van der Waals surface area contributed by atoms with E-state index >= 15 is 0 Å². The predicted molar refractivity (Wildman–Crippen MR) is 80.3 cm³/mol. The van der Waals surface area contributed by atoms with Gasteiger partial charge in [0.1, 0.15) is 11.6 Å². The van der Waals surface area contributed by atoms with Gasteiger partial charge < -0.3 is 5.11 Å². The number of aromatic nitrogens is 6. The van der Waals surface area contributed by atoms with E-state index in [1.807, 2.05) is 0 Å². The quantitative estimate of drug-likeness (QED) is 0.379. The number of ketones is 1. The van der Waals surface area contributed by atoms with Crippen LogP contribution in [0.2, 0.25) is 0 Å². The number of hydrogen-bond acceptors (Lipinski definition) is 8. The molecule has 0 spiro atoms. The van der Waals surface area contributed by atoms with E-state index in [0.717, 1.165) is 42.7 Å². The maximum Gasteiger partial charge on any atom is 0.282 e. The third-order valence-electron chi connectivity index (χ3n) is 3.05. The highest BCUT2D eigenvalue weighted by molar-refractivity contribution is 7.89. The first-order valence-electron chi connectivity index (χ1n) is 6.62. The summed E-state index contributed by atoms with van der Waals surface area (Å²) < 4.78 is 38.2. The zero-order valence-electron chi connectivity index (χ0n) is 12.2. The third kappa shape index (κ3) is 3.28. The lowest BCUT2D eigenvalue weighted by Gasteiger charge is -2.03. The summed E-state index contributed by atoms with van der Waals surface area (Å²) in [5.41, 5.74) is -0.0254. The summed E-state index contributed by atoms with van der Waals surface area (Å²) >= 11 is 0. The lowest BCUT2D eigenvalue weighted by Crippen LogP contribution is -2.13. The average molecular weight is 364 g/mol. The molecule has 0 bridgehead atoms. The average Bonchev–Trinajstić information content (AvgIpc) is 3.27. The Balaban J connectivity index is 1.89. The highest BCUT2D eigenvalue weighted by Crippen LogP contribution is 2.17. The molecule has 2 heterocycles. The number of hydrogen-bond donors (Lipinski definition) is 2. The Morgan fingerprint density at radius 3 is 2.64 bits per heavy atom. The fourth-order valence-electron chi connectivity index (χ4n) is 1.82. The Bertz CT molecular complexity index is 1040. The Hall–Kier alpha value is -3.41. The first-order chi connectivity index (χ1) is 11.9. The number of aliphatic hydroxyl groups excluding tert-OH is 1. The number of carbonyl (C=O) groups is 1. The lowest BCUT2D eigenvalue weighted by atomic mass is 10.2. The van der Waals surface area contributed by atoms with Gasteiger partial charge in [0.15, 0.2) is 0 Å². The molecular formula is C13H9FN6O4S. The van der Waals surface area contributed by atoms with Crippen molar-refractivity contribution in [3.63, 3.8) is 0 Å². The molecule has 0 amide bonds. The van der Waals surface area contributed by atoms with Gasteiger partial charge in [-0.1, -0.05) is 0 Å². The molecule has 2 N–H and O–H groups in total. The molecule has 0 aliphatic heterocycles. The minimum atomic E-state index is -4.06. The Morgan fingerprint density at radius 1 is 1.28 bits per heavy atom. The van der Waals surface area contributed by atoms with Crippen molar-refractivity contribution in [3.05, 3.63) is 59.9 Å². The largest absolute Gasteiger partial charge is 0.507 e. The summed E-state index contributed by atoms with van der Waals surface area (Å²) in [6.07, 6.45) is 2.86. The molecule has 0 atom stereocenters. The fourth-order valence-corrected chi connectivity index (χ4v) is 2.94. The van der Waals surface area contributed by atoms with Crippen molar-refractivity contribution in [2.24, 2.45) is 0 Å². The van der Waals surface area contributed by atoms with E-state index < -0.39 is 27.4 Å². The molecule has 3 aromatic rings. The van der Waals surface area contributed by atoms with Crippen molar-refractivity contribution in [1.29, 1.82) is 0 Å². The summed E-state index contributed by atoms with van der Waals surface area (Å²) in [5, 5.41) is 25.8. The Kier molecular flexibility index (Phi) is 4.10. The van der Waals surface area contributed by atoms with E-state index in [4.69, 9.17) is 0 Å². The van der Waals surface area contributed by atoms with Gasteiger partial charge in [-0.05, 0) is 29.5 Å². The highest BCUT2D eigenvalue weighted by atomic mass is 32.2. The summed E-state index contributed by atoms with van der Waals surface area (Å²) in [6, 6.07) is 4.17. The summed E-state index contributed by atoms with van der Waals surface area (Å²) in [6.45, 7) is 0. The molecule has 0 saturated heterocycles. The van der Waals surface area contributed by atoms with Gasteiger partial charge in [0, 0.05) is 6.08 Å². The van der Waals surface area contributed by atoms with Gasteiger partial charge in [0.25, 0.3) is 10.0 Å². The van der Waals surface area contributed by atoms with Crippen LogP contribution in [0.3, 0.4) is 0 Å². The fraction of sp³-hybridized carbons (Fsp3) is 0. The molecule has 12 heteroatoms.